The van der Waals surface area contributed by atoms with Gasteiger partial charge in [-0.15, -0.1) is 0 Å². The molecule has 0 saturated carbocycles. The maximum absolute atomic E-state index is 12.2. The Balaban J connectivity index is 1.86. The summed E-state index contributed by atoms with van der Waals surface area (Å²) in [5, 5.41) is 35.1. The second-order valence-electron chi connectivity index (χ2n) is 7.22. The van der Waals surface area contributed by atoms with Crippen LogP contribution in [0.2, 0.25) is 0 Å². The summed E-state index contributed by atoms with van der Waals surface area (Å²) in [6.07, 6.45) is -2.86. The maximum Gasteiger partial charge on any atom is 0.407 e. The predicted octanol–water partition coefficient (Wildman–Crippen LogP) is 1.39. The van der Waals surface area contributed by atoms with Gasteiger partial charge in [-0.3, -0.25) is 14.9 Å². The molecule has 0 spiro atoms. The molecule has 0 unspecified atom stereocenters. The molecule has 0 heterocycles. The third kappa shape index (κ3) is 8.39. The molecular formula is C22H25N3O9. The van der Waals surface area contributed by atoms with Gasteiger partial charge in [-0.2, -0.15) is 0 Å². The number of ether oxygens (including phenoxy) is 2. The minimum Gasteiger partial charge on any atom is -0.496 e. The molecule has 2 amide bonds. The number of carbonyl (C=O) groups is 3. The highest BCUT2D eigenvalue weighted by molar-refractivity contribution is 5.84. The molecule has 0 aromatic heterocycles. The van der Waals surface area contributed by atoms with E-state index in [0.29, 0.717) is 0 Å². The molecule has 182 valence electrons. The van der Waals surface area contributed by atoms with Crippen molar-refractivity contribution in [1.82, 2.24) is 10.6 Å². The van der Waals surface area contributed by atoms with Gasteiger partial charge in [-0.1, -0.05) is 30.3 Å². The average molecular weight is 475 g/mol. The Morgan fingerprint density at radius 2 is 1.85 bits per heavy atom. The van der Waals surface area contributed by atoms with Gasteiger partial charge in [-0.05, 0) is 11.6 Å². The van der Waals surface area contributed by atoms with E-state index in [-0.39, 0.29) is 36.6 Å². The highest BCUT2D eigenvalue weighted by Gasteiger charge is 2.24. The number of carboxylic acids is 1. The average Bonchev–Trinajstić information content (AvgIpc) is 2.81. The van der Waals surface area contributed by atoms with Crippen LogP contribution < -0.4 is 15.4 Å². The summed E-state index contributed by atoms with van der Waals surface area (Å²) in [5.41, 5.74) is 0.734. The van der Waals surface area contributed by atoms with E-state index in [1.807, 2.05) is 6.07 Å². The standard InChI is InChI=1S/C22H25N3O9/c1-33-19-8-7-16(25(31)32)9-15(19)10-18(21(28)29)24-20(27)11-17(26)12-23-22(30)34-13-14-5-3-2-4-6-14/h2-9,17-18,26H,10-13H2,1H3,(H,23,30)(H,24,27)(H,28,29)/t17-,18-/m0/s1. The second-order valence-corrected chi connectivity index (χ2v) is 7.22. The SMILES string of the molecule is COc1ccc([N+](=O)[O-])cc1C[C@H](NC(=O)C[C@H](O)CNC(=O)OCc1ccccc1)C(=O)O. The molecule has 0 aliphatic rings. The van der Waals surface area contributed by atoms with Crippen molar-refractivity contribution in [2.75, 3.05) is 13.7 Å². The molecule has 2 rings (SSSR count). The van der Waals surface area contributed by atoms with Crippen molar-refractivity contribution in [3.05, 3.63) is 69.8 Å². The highest BCUT2D eigenvalue weighted by Crippen LogP contribution is 2.25. The molecule has 0 aliphatic heterocycles. The number of nitrogens with one attached hydrogen (secondary N) is 2. The number of carboxylic acid groups (broad SMARTS) is 1. The Bertz CT molecular complexity index is 1010. The number of carbonyl (C=O) groups excluding carboxylic acids is 2. The third-order valence-electron chi connectivity index (χ3n) is 4.65. The first-order valence-electron chi connectivity index (χ1n) is 10.2. The lowest BCUT2D eigenvalue weighted by molar-refractivity contribution is -0.384. The number of aliphatic hydroxyl groups excluding tert-OH is 1. The summed E-state index contributed by atoms with van der Waals surface area (Å²) in [4.78, 5) is 46.0. The summed E-state index contributed by atoms with van der Waals surface area (Å²) in [7, 11) is 1.33. The van der Waals surface area contributed by atoms with E-state index in [1.165, 1.54) is 25.3 Å². The molecule has 2 aromatic carbocycles. The van der Waals surface area contributed by atoms with Gasteiger partial charge >= 0.3 is 12.1 Å². The van der Waals surface area contributed by atoms with Crippen LogP contribution in [0.1, 0.15) is 17.5 Å². The van der Waals surface area contributed by atoms with Crippen molar-refractivity contribution in [2.24, 2.45) is 0 Å². The number of nitrogens with zero attached hydrogens (tertiary/aromatic N) is 1. The molecule has 0 saturated heterocycles. The van der Waals surface area contributed by atoms with Crippen molar-refractivity contribution in [3.8, 4) is 5.75 Å². The Hall–Kier alpha value is -4.19. The molecule has 2 atom stereocenters. The number of aliphatic hydroxyl groups is 1. The predicted molar refractivity (Wildman–Crippen MR) is 118 cm³/mol. The molecular weight excluding hydrogens is 450 g/mol. The Kier molecular flexibility index (Phi) is 9.77. The smallest absolute Gasteiger partial charge is 0.407 e. The fraction of sp³-hybridized carbons (Fsp3) is 0.318. The van der Waals surface area contributed by atoms with Crippen molar-refractivity contribution in [1.29, 1.82) is 0 Å². The van der Waals surface area contributed by atoms with E-state index in [0.717, 1.165) is 5.56 Å². The molecule has 0 radical (unpaired) electrons. The quantitative estimate of drug-likeness (QED) is 0.261. The zero-order valence-corrected chi connectivity index (χ0v) is 18.3. The van der Waals surface area contributed by atoms with Crippen LogP contribution in [0, 0.1) is 10.1 Å². The first kappa shape index (κ1) is 26.1. The van der Waals surface area contributed by atoms with Gasteiger partial charge in [0.15, 0.2) is 0 Å². The summed E-state index contributed by atoms with van der Waals surface area (Å²) in [5.74, 6) is -1.94. The number of hydrogen-bond donors (Lipinski definition) is 4. The number of aliphatic carboxylic acids is 1. The van der Waals surface area contributed by atoms with Gasteiger partial charge < -0.3 is 30.3 Å². The Morgan fingerprint density at radius 3 is 2.47 bits per heavy atom. The molecule has 12 heteroatoms. The highest BCUT2D eigenvalue weighted by atomic mass is 16.6. The number of non-ortho nitro benzene ring substituents is 1. The first-order chi connectivity index (χ1) is 16.2. The van der Waals surface area contributed by atoms with E-state index >= 15 is 0 Å². The first-order valence-corrected chi connectivity index (χ1v) is 10.2. The van der Waals surface area contributed by atoms with Crippen LogP contribution in [0.4, 0.5) is 10.5 Å². The zero-order valence-electron chi connectivity index (χ0n) is 18.3. The summed E-state index contributed by atoms with van der Waals surface area (Å²) < 4.78 is 10.1. The van der Waals surface area contributed by atoms with Crippen molar-refractivity contribution < 1.29 is 39.0 Å². The summed E-state index contributed by atoms with van der Waals surface area (Å²) >= 11 is 0. The zero-order chi connectivity index (χ0) is 25.1. The van der Waals surface area contributed by atoms with E-state index in [9.17, 15) is 34.7 Å². The lowest BCUT2D eigenvalue weighted by atomic mass is 10.0. The number of nitro benzene ring substituents is 1. The van der Waals surface area contributed by atoms with Crippen molar-refractivity contribution in [3.63, 3.8) is 0 Å². The molecule has 2 aromatic rings. The van der Waals surface area contributed by atoms with Gasteiger partial charge in [0.05, 0.1) is 24.6 Å². The molecule has 0 bridgehead atoms. The summed E-state index contributed by atoms with van der Waals surface area (Å²) in [6.45, 7) is -0.262. The Morgan fingerprint density at radius 1 is 1.15 bits per heavy atom. The van der Waals surface area contributed by atoms with Crippen LogP contribution in [0.5, 0.6) is 5.75 Å². The van der Waals surface area contributed by atoms with E-state index in [1.54, 1.807) is 24.3 Å². The number of amides is 2. The lowest BCUT2D eigenvalue weighted by Crippen LogP contribution is -2.44. The van der Waals surface area contributed by atoms with Crippen LogP contribution >= 0.6 is 0 Å². The monoisotopic (exact) mass is 475 g/mol. The topological polar surface area (TPSA) is 177 Å². The normalized spacial score (nSPS) is 12.2. The molecule has 4 N–H and O–H groups in total. The van der Waals surface area contributed by atoms with Crippen LogP contribution in [0.25, 0.3) is 0 Å². The van der Waals surface area contributed by atoms with Crippen LogP contribution in [0.3, 0.4) is 0 Å². The minimum atomic E-state index is -1.43. The largest absolute Gasteiger partial charge is 0.496 e. The molecule has 12 nitrogen and oxygen atoms in total. The van der Waals surface area contributed by atoms with Gasteiger partial charge in [-0.25, -0.2) is 9.59 Å². The van der Waals surface area contributed by atoms with Crippen molar-refractivity contribution >= 4 is 23.7 Å². The number of rotatable bonds is 12. The van der Waals surface area contributed by atoms with Gasteiger partial charge in [0, 0.05) is 30.7 Å². The van der Waals surface area contributed by atoms with E-state index in [4.69, 9.17) is 9.47 Å². The van der Waals surface area contributed by atoms with Crippen LogP contribution in [0.15, 0.2) is 48.5 Å². The number of alkyl carbamates (subject to hydrolysis) is 1. The van der Waals surface area contributed by atoms with Crippen LogP contribution in [-0.2, 0) is 27.4 Å². The van der Waals surface area contributed by atoms with Crippen molar-refractivity contribution in [2.45, 2.75) is 31.6 Å². The minimum absolute atomic E-state index is 0.0324. The molecule has 34 heavy (non-hydrogen) atoms. The number of methoxy groups -OCH3 is 1. The van der Waals surface area contributed by atoms with Gasteiger partial charge in [0.2, 0.25) is 5.91 Å². The maximum atomic E-state index is 12.2. The number of hydrogen-bond acceptors (Lipinski definition) is 8. The van der Waals surface area contributed by atoms with E-state index in [2.05, 4.69) is 10.6 Å². The molecule has 0 aliphatic carbocycles. The second kappa shape index (κ2) is 12.7. The van der Waals surface area contributed by atoms with Gasteiger partial charge in [0.1, 0.15) is 18.4 Å². The number of nitro groups is 1. The van der Waals surface area contributed by atoms with Crippen LogP contribution in [-0.4, -0.2) is 58.9 Å². The number of benzene rings is 2. The fourth-order valence-corrected chi connectivity index (χ4v) is 2.97. The lowest BCUT2D eigenvalue weighted by Gasteiger charge is -2.18. The summed E-state index contributed by atoms with van der Waals surface area (Å²) in [6, 6.07) is 11.2. The molecule has 0 fully saturated rings. The van der Waals surface area contributed by atoms with E-state index < -0.39 is 41.5 Å². The van der Waals surface area contributed by atoms with Gasteiger partial charge in [0.25, 0.3) is 5.69 Å². The Labute approximate surface area is 194 Å². The fourth-order valence-electron chi connectivity index (χ4n) is 2.97. The third-order valence-corrected chi connectivity index (χ3v) is 4.65.